The molecule has 5 N–H and O–H groups in total. The highest BCUT2D eigenvalue weighted by atomic mass is 35.5. The Balaban J connectivity index is 0.00000256. The summed E-state index contributed by atoms with van der Waals surface area (Å²) in [5.41, 5.74) is 10.3. The molecule has 30 heavy (non-hydrogen) atoms. The van der Waals surface area contributed by atoms with Gasteiger partial charge in [0.1, 0.15) is 0 Å². The van der Waals surface area contributed by atoms with E-state index >= 15 is 0 Å². The van der Waals surface area contributed by atoms with E-state index in [2.05, 4.69) is 30.8 Å². The Labute approximate surface area is 180 Å². The van der Waals surface area contributed by atoms with Crippen molar-refractivity contribution in [2.45, 2.75) is 18.5 Å². The average molecular weight is 448 g/mol. The van der Waals surface area contributed by atoms with Gasteiger partial charge in [0.25, 0.3) is 0 Å². The predicted molar refractivity (Wildman–Crippen MR) is 122 cm³/mol. The summed E-state index contributed by atoms with van der Waals surface area (Å²) in [7, 11) is -3.12. The third kappa shape index (κ3) is 4.61. The maximum Gasteiger partial charge on any atom is 0.233 e. The van der Waals surface area contributed by atoms with Crippen LogP contribution in [-0.2, 0) is 21.4 Å². The zero-order valence-electron chi connectivity index (χ0n) is 16.4. The van der Waals surface area contributed by atoms with Gasteiger partial charge in [0.2, 0.25) is 11.7 Å². The van der Waals surface area contributed by atoms with E-state index < -0.39 is 15.6 Å². The molecule has 2 heterocycles. The molecule has 0 spiro atoms. The van der Waals surface area contributed by atoms with Gasteiger partial charge in [-0.1, -0.05) is 24.3 Å². The molecule has 1 aromatic heterocycles. The van der Waals surface area contributed by atoms with E-state index in [9.17, 15) is 8.42 Å². The van der Waals surface area contributed by atoms with Gasteiger partial charge in [0.15, 0.2) is 9.84 Å². The van der Waals surface area contributed by atoms with Gasteiger partial charge < -0.3 is 10.6 Å². The number of rotatable bonds is 4. The maximum absolute atomic E-state index is 11.5. The van der Waals surface area contributed by atoms with Gasteiger partial charge in [0, 0.05) is 28.6 Å². The largest absolute Gasteiger partial charge is 0.326 e. The van der Waals surface area contributed by atoms with Crippen molar-refractivity contribution in [2.75, 3.05) is 11.6 Å². The quantitative estimate of drug-likeness (QED) is 0.482. The van der Waals surface area contributed by atoms with Gasteiger partial charge in [-0.25, -0.2) is 18.4 Å². The van der Waals surface area contributed by atoms with Crippen molar-refractivity contribution in [1.29, 1.82) is 0 Å². The minimum atomic E-state index is -3.12. The Kier molecular flexibility index (Phi) is 5.84. The van der Waals surface area contributed by atoms with Crippen LogP contribution in [0.4, 0.5) is 5.69 Å². The second-order valence-corrected chi connectivity index (χ2v) is 9.21. The number of hydrogen-bond donors (Lipinski definition) is 4. The normalized spacial score (nSPS) is 18.4. The first-order valence-corrected chi connectivity index (χ1v) is 11.0. The number of aromatic amines is 1. The van der Waals surface area contributed by atoms with Crippen LogP contribution in [0.5, 0.6) is 0 Å². The number of nitrogens with one attached hydrogen (secondary N) is 3. The zero-order chi connectivity index (χ0) is 20.6. The van der Waals surface area contributed by atoms with Gasteiger partial charge in [-0.2, -0.15) is 5.10 Å². The van der Waals surface area contributed by atoms with Gasteiger partial charge in [-0.05, 0) is 30.7 Å². The molecule has 0 saturated heterocycles. The van der Waals surface area contributed by atoms with Crippen molar-refractivity contribution in [3.05, 3.63) is 59.3 Å². The maximum atomic E-state index is 11.5. The molecule has 0 aliphatic carbocycles. The second-order valence-electron chi connectivity index (χ2n) is 7.07. The fourth-order valence-corrected chi connectivity index (χ4v) is 3.96. The summed E-state index contributed by atoms with van der Waals surface area (Å²) < 4.78 is 23.1. The number of aryl methyl sites for hydroxylation is 1. The highest BCUT2D eigenvalue weighted by Gasteiger charge is 2.29. The van der Waals surface area contributed by atoms with E-state index in [1.165, 1.54) is 12.6 Å². The van der Waals surface area contributed by atoms with E-state index in [1.807, 2.05) is 31.2 Å². The number of aliphatic imine (C=N–C) groups is 2. The Morgan fingerprint density at radius 1 is 1.20 bits per heavy atom. The first kappa shape index (κ1) is 21.8. The third-order valence-electron chi connectivity index (χ3n) is 4.53. The SMILES string of the molecule is Cc1[nH]nc2cc(C3(N)N=CNC(Nc4cccc(CS(C)(=O)=O)c4)=N3)ccc12.Cl. The number of nitrogens with two attached hydrogens (primary N) is 1. The van der Waals surface area contributed by atoms with Gasteiger partial charge in [0.05, 0.1) is 17.6 Å². The van der Waals surface area contributed by atoms with Crippen LogP contribution in [0.1, 0.15) is 16.8 Å². The van der Waals surface area contributed by atoms with E-state index in [1.54, 1.807) is 18.2 Å². The molecule has 4 rings (SSSR count). The van der Waals surface area contributed by atoms with E-state index in [4.69, 9.17) is 5.73 Å². The first-order valence-electron chi connectivity index (χ1n) is 8.90. The first-order chi connectivity index (χ1) is 13.7. The number of aromatic nitrogens is 2. The lowest BCUT2D eigenvalue weighted by molar-refractivity contribution is 0.490. The Morgan fingerprint density at radius 2 is 2.00 bits per heavy atom. The topological polar surface area (TPSA) is 138 Å². The number of nitrogens with zero attached hydrogens (tertiary/aromatic N) is 3. The lowest BCUT2D eigenvalue weighted by Crippen LogP contribution is -2.43. The molecule has 0 fully saturated rings. The number of anilines is 1. The molecule has 1 atom stereocenters. The molecule has 0 bridgehead atoms. The zero-order valence-corrected chi connectivity index (χ0v) is 18.0. The lowest BCUT2D eigenvalue weighted by atomic mass is 10.1. The third-order valence-corrected chi connectivity index (χ3v) is 5.39. The van der Waals surface area contributed by atoms with Crippen molar-refractivity contribution in [2.24, 2.45) is 15.7 Å². The van der Waals surface area contributed by atoms with Crippen LogP contribution < -0.4 is 16.4 Å². The van der Waals surface area contributed by atoms with Crippen LogP contribution in [0.25, 0.3) is 10.9 Å². The highest BCUT2D eigenvalue weighted by molar-refractivity contribution is 7.89. The molecule has 1 unspecified atom stereocenters. The molecule has 0 amide bonds. The summed E-state index contributed by atoms with van der Waals surface area (Å²) in [6.07, 6.45) is 2.69. The predicted octanol–water partition coefficient (Wildman–Crippen LogP) is 2.01. The van der Waals surface area contributed by atoms with Crippen LogP contribution in [-0.4, -0.2) is 37.2 Å². The summed E-state index contributed by atoms with van der Waals surface area (Å²) in [6, 6.07) is 12.8. The average Bonchev–Trinajstić information content (AvgIpc) is 3.01. The van der Waals surface area contributed by atoms with E-state index in [-0.39, 0.29) is 18.2 Å². The number of fused-ring (bicyclic) bond motifs is 1. The van der Waals surface area contributed by atoms with Crippen molar-refractivity contribution >= 4 is 51.1 Å². The summed E-state index contributed by atoms with van der Waals surface area (Å²) in [4.78, 5) is 8.82. The standard InChI is InChI=1S/C19H21N7O2S.ClH/c1-12-16-7-6-14(9-17(16)26-25-12)19(20)22-11-21-18(24-19)23-15-5-3-4-13(8-15)10-29(2,27)28;/h3-9,11H,10,20H2,1-2H3,(H,25,26)(H2,21,22,23,24);1H. The fourth-order valence-electron chi connectivity index (χ4n) is 3.18. The molecule has 11 heteroatoms. The van der Waals surface area contributed by atoms with Crippen LogP contribution in [0.3, 0.4) is 0 Å². The number of guanidine groups is 1. The smallest absolute Gasteiger partial charge is 0.233 e. The molecule has 1 aliphatic heterocycles. The fraction of sp³-hybridized carbons (Fsp3) is 0.211. The summed E-state index contributed by atoms with van der Waals surface area (Å²) in [6.45, 7) is 1.95. The number of sulfone groups is 1. The molecular formula is C19H22ClN7O2S. The number of H-pyrrole nitrogens is 1. The highest BCUT2D eigenvalue weighted by Crippen LogP contribution is 2.27. The van der Waals surface area contributed by atoms with Gasteiger partial charge in [-0.15, -0.1) is 12.4 Å². The van der Waals surface area contributed by atoms with Crippen molar-refractivity contribution in [3.8, 4) is 0 Å². The molecular weight excluding hydrogens is 426 g/mol. The molecule has 0 saturated carbocycles. The molecule has 0 radical (unpaired) electrons. The monoisotopic (exact) mass is 447 g/mol. The van der Waals surface area contributed by atoms with E-state index in [0.717, 1.165) is 16.6 Å². The van der Waals surface area contributed by atoms with Crippen LogP contribution in [0.2, 0.25) is 0 Å². The van der Waals surface area contributed by atoms with Crippen molar-refractivity contribution in [1.82, 2.24) is 15.5 Å². The minimum absolute atomic E-state index is 0. The summed E-state index contributed by atoms with van der Waals surface area (Å²) >= 11 is 0. The number of halogens is 1. The van der Waals surface area contributed by atoms with Crippen molar-refractivity contribution < 1.29 is 8.42 Å². The Bertz CT molecular complexity index is 1250. The van der Waals surface area contributed by atoms with Crippen LogP contribution >= 0.6 is 12.4 Å². The number of hydrogen-bond acceptors (Lipinski definition) is 8. The Hall–Kier alpha value is -2.95. The van der Waals surface area contributed by atoms with Crippen LogP contribution in [0, 0.1) is 6.92 Å². The Morgan fingerprint density at radius 3 is 2.77 bits per heavy atom. The molecule has 3 aromatic rings. The number of benzene rings is 2. The molecule has 9 nitrogen and oxygen atoms in total. The molecule has 1 aliphatic rings. The minimum Gasteiger partial charge on any atom is -0.326 e. The lowest BCUT2D eigenvalue weighted by Gasteiger charge is -2.26. The molecule has 2 aromatic carbocycles. The van der Waals surface area contributed by atoms with E-state index in [0.29, 0.717) is 22.8 Å². The van der Waals surface area contributed by atoms with Gasteiger partial charge >= 0.3 is 0 Å². The van der Waals surface area contributed by atoms with Crippen LogP contribution in [0.15, 0.2) is 52.4 Å². The molecule has 158 valence electrons. The van der Waals surface area contributed by atoms with Crippen molar-refractivity contribution in [3.63, 3.8) is 0 Å². The second kappa shape index (κ2) is 8.05. The summed E-state index contributed by atoms with van der Waals surface area (Å²) in [5, 5.41) is 14.3. The van der Waals surface area contributed by atoms with Gasteiger partial charge in [-0.3, -0.25) is 10.8 Å². The summed E-state index contributed by atoms with van der Waals surface area (Å²) in [5.74, 6) is -0.940.